The van der Waals surface area contributed by atoms with E-state index < -0.39 is 0 Å². The van der Waals surface area contributed by atoms with Crippen LogP contribution >= 0.6 is 23.8 Å². The Hall–Kier alpha value is -2.37. The third-order valence-corrected chi connectivity index (χ3v) is 4.97. The number of para-hydroxylation sites is 1. The first-order valence-electron chi connectivity index (χ1n) is 7.68. The summed E-state index contributed by atoms with van der Waals surface area (Å²) in [6.45, 7) is 1.85. The Morgan fingerprint density at radius 3 is 2.52 bits per heavy atom. The molecule has 1 heterocycles. The molecule has 0 saturated carbocycles. The monoisotopic (exact) mass is 372 g/mol. The number of nitrogens with zero attached hydrogens (tertiary/aromatic N) is 2. The highest BCUT2D eigenvalue weighted by molar-refractivity contribution is 7.81. The smallest absolute Gasteiger partial charge is 0.264 e. The second kappa shape index (κ2) is 6.50. The highest BCUT2D eigenvalue weighted by Crippen LogP contribution is 2.32. The zero-order valence-electron chi connectivity index (χ0n) is 14.1. The van der Waals surface area contributed by atoms with Crippen LogP contribution in [0.4, 0.5) is 5.69 Å². The van der Waals surface area contributed by atoms with E-state index in [0.29, 0.717) is 15.9 Å². The van der Waals surface area contributed by atoms with Crippen LogP contribution in [0.1, 0.15) is 11.1 Å². The Balaban J connectivity index is 2.27. The molecule has 0 saturated heterocycles. The van der Waals surface area contributed by atoms with Crippen LogP contribution < -0.4 is 10.5 Å². The van der Waals surface area contributed by atoms with E-state index in [-0.39, 0.29) is 21.9 Å². The predicted molar refractivity (Wildman–Crippen MR) is 107 cm³/mol. The Morgan fingerprint density at radius 1 is 1.24 bits per heavy atom. The molecule has 0 aliphatic rings. The normalized spacial score (nSPS) is 10.9. The van der Waals surface area contributed by atoms with Crippen molar-refractivity contribution in [2.45, 2.75) is 6.92 Å². The molecule has 128 valence electrons. The molecule has 0 bridgehead atoms. The fourth-order valence-corrected chi connectivity index (χ4v) is 3.56. The van der Waals surface area contributed by atoms with Gasteiger partial charge in [-0.05, 0) is 36.8 Å². The molecule has 0 spiro atoms. The molecule has 25 heavy (non-hydrogen) atoms. The Morgan fingerprint density at radius 2 is 1.88 bits per heavy atom. The van der Waals surface area contributed by atoms with Crippen molar-refractivity contribution in [2.24, 2.45) is 7.05 Å². The Labute approximate surface area is 155 Å². The van der Waals surface area contributed by atoms with Crippen molar-refractivity contribution in [3.63, 3.8) is 0 Å². The van der Waals surface area contributed by atoms with Crippen molar-refractivity contribution >= 4 is 45.4 Å². The van der Waals surface area contributed by atoms with Gasteiger partial charge in [-0.2, -0.15) is 0 Å². The lowest BCUT2D eigenvalue weighted by Gasteiger charge is -2.22. The molecule has 0 radical (unpaired) electrons. The summed E-state index contributed by atoms with van der Waals surface area (Å²) < 4.78 is 1.50. The van der Waals surface area contributed by atoms with Crippen LogP contribution in [0.5, 0.6) is 5.75 Å². The molecule has 3 aromatic rings. The molecule has 0 aliphatic carbocycles. The van der Waals surface area contributed by atoms with Crippen LogP contribution in [-0.2, 0) is 7.05 Å². The van der Waals surface area contributed by atoms with Crippen LogP contribution in [0.25, 0.3) is 10.9 Å². The molecule has 0 unspecified atom stereocenters. The van der Waals surface area contributed by atoms with E-state index in [1.165, 1.54) is 4.57 Å². The minimum absolute atomic E-state index is 0.0954. The second-order valence-corrected chi connectivity index (χ2v) is 6.73. The molecular formula is C19H17ClN2O2S. The number of halogens is 1. The molecular weight excluding hydrogens is 356 g/mol. The molecule has 4 nitrogen and oxygen atoms in total. The van der Waals surface area contributed by atoms with E-state index in [0.717, 1.165) is 11.3 Å². The molecule has 0 amide bonds. The quantitative estimate of drug-likeness (QED) is 0.690. The van der Waals surface area contributed by atoms with Gasteiger partial charge in [-0.3, -0.25) is 4.79 Å². The number of rotatable bonds is 2. The first-order valence-corrected chi connectivity index (χ1v) is 8.46. The van der Waals surface area contributed by atoms with E-state index in [4.69, 9.17) is 23.8 Å². The summed E-state index contributed by atoms with van der Waals surface area (Å²) in [7, 11) is 3.43. The summed E-state index contributed by atoms with van der Waals surface area (Å²) in [5.74, 6) is -0.142. The summed E-state index contributed by atoms with van der Waals surface area (Å²) >= 11 is 11.6. The highest BCUT2D eigenvalue weighted by atomic mass is 35.5. The van der Waals surface area contributed by atoms with Gasteiger partial charge in [0.25, 0.3) is 5.56 Å². The fraction of sp³-hybridized carbons (Fsp3) is 0.158. The van der Waals surface area contributed by atoms with Gasteiger partial charge in [-0.25, -0.2) is 0 Å². The molecule has 6 heteroatoms. The molecule has 2 aromatic carbocycles. The maximum absolute atomic E-state index is 12.9. The maximum Gasteiger partial charge on any atom is 0.264 e. The van der Waals surface area contributed by atoms with Crippen molar-refractivity contribution in [1.82, 2.24) is 4.57 Å². The molecule has 3 rings (SSSR count). The van der Waals surface area contributed by atoms with Gasteiger partial charge in [0.05, 0.1) is 5.52 Å². The third kappa shape index (κ3) is 2.90. The fourth-order valence-electron chi connectivity index (χ4n) is 3.00. The number of hydrogen-bond acceptors (Lipinski definition) is 3. The summed E-state index contributed by atoms with van der Waals surface area (Å²) in [6.07, 6.45) is 0. The van der Waals surface area contributed by atoms with Gasteiger partial charge in [0, 0.05) is 30.2 Å². The van der Waals surface area contributed by atoms with Gasteiger partial charge < -0.3 is 14.6 Å². The van der Waals surface area contributed by atoms with E-state index in [2.05, 4.69) is 0 Å². The largest absolute Gasteiger partial charge is 0.506 e. The number of benzene rings is 2. The summed E-state index contributed by atoms with van der Waals surface area (Å²) in [5.41, 5.74) is 2.03. The average Bonchev–Trinajstić information content (AvgIpc) is 2.59. The minimum Gasteiger partial charge on any atom is -0.506 e. The Kier molecular flexibility index (Phi) is 4.54. The third-order valence-electron chi connectivity index (χ3n) is 4.27. The van der Waals surface area contributed by atoms with Gasteiger partial charge in [0.15, 0.2) is 0 Å². The SMILES string of the molecule is Cc1cc(Cl)cc2c(O)c(C(=S)N(C)c3ccccc3)c(=O)n(C)c12. The van der Waals surface area contributed by atoms with Crippen LogP contribution in [0.2, 0.25) is 5.02 Å². The first kappa shape index (κ1) is 17.5. The van der Waals surface area contributed by atoms with Crippen LogP contribution in [-0.4, -0.2) is 21.7 Å². The molecule has 1 N–H and O–H groups in total. The number of aromatic hydroxyl groups is 1. The molecule has 0 aliphatic heterocycles. The highest BCUT2D eigenvalue weighted by Gasteiger charge is 2.22. The van der Waals surface area contributed by atoms with E-state index in [1.807, 2.05) is 37.3 Å². The number of pyridine rings is 1. The van der Waals surface area contributed by atoms with Crippen molar-refractivity contribution in [3.05, 3.63) is 69.0 Å². The van der Waals surface area contributed by atoms with Gasteiger partial charge in [0.2, 0.25) is 0 Å². The zero-order chi connectivity index (χ0) is 18.3. The van der Waals surface area contributed by atoms with Gasteiger partial charge in [0.1, 0.15) is 16.3 Å². The standard InChI is InChI=1S/C19H17ClN2O2S/c1-11-9-12(20)10-14-16(11)22(3)18(24)15(17(14)23)19(25)21(2)13-7-5-4-6-8-13/h4-10,23H,1-3H3. The average molecular weight is 373 g/mol. The van der Waals surface area contributed by atoms with Gasteiger partial charge >= 0.3 is 0 Å². The lowest BCUT2D eigenvalue weighted by molar-refractivity contribution is 0.478. The lowest BCUT2D eigenvalue weighted by atomic mass is 10.1. The van der Waals surface area contributed by atoms with Crippen molar-refractivity contribution < 1.29 is 5.11 Å². The zero-order valence-corrected chi connectivity index (χ0v) is 15.6. The number of fused-ring (bicyclic) bond motifs is 1. The van der Waals surface area contributed by atoms with E-state index in [1.54, 1.807) is 31.1 Å². The number of aromatic nitrogens is 1. The topological polar surface area (TPSA) is 45.5 Å². The summed E-state index contributed by atoms with van der Waals surface area (Å²) in [5, 5.41) is 11.8. The number of thiocarbonyl (C=S) groups is 1. The molecule has 1 aromatic heterocycles. The van der Waals surface area contributed by atoms with Crippen molar-refractivity contribution in [3.8, 4) is 5.75 Å². The van der Waals surface area contributed by atoms with Crippen LogP contribution in [0.3, 0.4) is 0 Å². The number of anilines is 1. The van der Waals surface area contributed by atoms with Gasteiger partial charge in [-0.15, -0.1) is 0 Å². The van der Waals surface area contributed by atoms with Crippen LogP contribution in [0, 0.1) is 6.92 Å². The molecule has 0 atom stereocenters. The maximum atomic E-state index is 12.9. The molecule has 0 fully saturated rings. The minimum atomic E-state index is -0.344. The number of hydrogen-bond donors (Lipinski definition) is 1. The van der Waals surface area contributed by atoms with Crippen molar-refractivity contribution in [2.75, 3.05) is 11.9 Å². The Bertz CT molecular complexity index is 1040. The number of aryl methyl sites for hydroxylation is 2. The lowest BCUT2D eigenvalue weighted by Crippen LogP contribution is -2.33. The predicted octanol–water partition coefficient (Wildman–Crippen LogP) is 4.02. The van der Waals surface area contributed by atoms with E-state index >= 15 is 0 Å². The first-order chi connectivity index (χ1) is 11.8. The second-order valence-electron chi connectivity index (χ2n) is 5.91. The van der Waals surface area contributed by atoms with Crippen molar-refractivity contribution in [1.29, 1.82) is 0 Å². The summed E-state index contributed by atoms with van der Waals surface area (Å²) in [6, 6.07) is 12.8. The van der Waals surface area contributed by atoms with Crippen LogP contribution in [0.15, 0.2) is 47.3 Å². The summed E-state index contributed by atoms with van der Waals surface area (Å²) in [4.78, 5) is 14.8. The van der Waals surface area contributed by atoms with Gasteiger partial charge in [-0.1, -0.05) is 42.0 Å². The van der Waals surface area contributed by atoms with E-state index in [9.17, 15) is 9.90 Å².